The van der Waals surface area contributed by atoms with Crippen molar-refractivity contribution in [3.8, 4) is 22.6 Å². The lowest BCUT2D eigenvalue weighted by atomic mass is 9.89. The quantitative estimate of drug-likeness (QED) is 0.403. The summed E-state index contributed by atoms with van der Waals surface area (Å²) in [5.41, 5.74) is 2.30. The lowest BCUT2D eigenvalue weighted by Crippen LogP contribution is -2.66. The smallest absolute Gasteiger partial charge is 0.279 e. The van der Waals surface area contributed by atoms with Gasteiger partial charge in [0.2, 0.25) is 0 Å². The fourth-order valence-electron chi connectivity index (χ4n) is 4.39. The van der Waals surface area contributed by atoms with Crippen molar-refractivity contribution in [2.45, 2.75) is 30.8 Å². The van der Waals surface area contributed by atoms with Crippen LogP contribution in [0.2, 0.25) is 0 Å². The van der Waals surface area contributed by atoms with Gasteiger partial charge in [-0.2, -0.15) is 27.6 Å². The van der Waals surface area contributed by atoms with E-state index in [1.807, 2.05) is 36.1 Å². The second kappa shape index (κ2) is 7.68. The van der Waals surface area contributed by atoms with Gasteiger partial charge < -0.3 is 0 Å². The molecule has 0 radical (unpaired) electrons. The van der Waals surface area contributed by atoms with Crippen LogP contribution in [0.5, 0.6) is 0 Å². The van der Waals surface area contributed by atoms with E-state index in [0.29, 0.717) is 5.82 Å². The van der Waals surface area contributed by atoms with Gasteiger partial charge in [-0.15, -0.1) is 0 Å². The van der Waals surface area contributed by atoms with E-state index in [-0.39, 0.29) is 25.6 Å². The summed E-state index contributed by atoms with van der Waals surface area (Å²) in [5.74, 6) is 0.634. The van der Waals surface area contributed by atoms with Gasteiger partial charge >= 0.3 is 0 Å². The van der Waals surface area contributed by atoms with Crippen molar-refractivity contribution >= 4 is 15.9 Å². The molecule has 0 aromatic carbocycles. The Balaban J connectivity index is 1.34. The van der Waals surface area contributed by atoms with Crippen molar-refractivity contribution < 1.29 is 12.8 Å². The molecule has 1 aliphatic carbocycles. The maximum atomic E-state index is 13.5. The molecule has 4 aromatic heterocycles. The van der Waals surface area contributed by atoms with Crippen LogP contribution in [0.1, 0.15) is 19.3 Å². The van der Waals surface area contributed by atoms with Gasteiger partial charge in [0.25, 0.3) is 10.2 Å². The third-order valence-corrected chi connectivity index (χ3v) is 8.02. The molecule has 34 heavy (non-hydrogen) atoms. The van der Waals surface area contributed by atoms with E-state index in [0.717, 1.165) is 35.3 Å². The summed E-state index contributed by atoms with van der Waals surface area (Å²) < 4.78 is 48.0. The van der Waals surface area contributed by atoms with E-state index in [9.17, 15) is 12.8 Å². The van der Waals surface area contributed by atoms with Gasteiger partial charge in [-0.3, -0.25) is 18.2 Å². The summed E-state index contributed by atoms with van der Waals surface area (Å²) in [6, 6.07) is 1.91. The van der Waals surface area contributed by atoms with Gasteiger partial charge in [0.05, 0.1) is 35.9 Å². The lowest BCUT2D eigenvalue weighted by molar-refractivity contribution is 0.0504. The minimum Gasteiger partial charge on any atom is -0.284 e. The second-order valence-corrected chi connectivity index (χ2v) is 10.7. The van der Waals surface area contributed by atoms with Crippen LogP contribution in [-0.4, -0.2) is 72.5 Å². The molecule has 2 fully saturated rings. The van der Waals surface area contributed by atoms with Crippen LogP contribution in [0.15, 0.2) is 43.2 Å². The van der Waals surface area contributed by atoms with Gasteiger partial charge in [0, 0.05) is 69.0 Å². The Bertz CT molecular complexity index is 1460. The van der Waals surface area contributed by atoms with E-state index in [1.165, 1.54) is 4.31 Å². The van der Waals surface area contributed by atoms with Crippen LogP contribution < -0.4 is 4.72 Å². The number of nitrogens with zero attached hydrogens (tertiary/aromatic N) is 8. The molecule has 1 saturated carbocycles. The number of aryl methyl sites for hydroxylation is 1. The average Bonchev–Trinajstić information content (AvgIpc) is 3.18. The minimum absolute atomic E-state index is 0.0215. The summed E-state index contributed by atoms with van der Waals surface area (Å²) in [5, 5.41) is 8.74. The topological polar surface area (TPSA) is 115 Å². The Morgan fingerprint density at radius 1 is 1.18 bits per heavy atom. The number of alkyl halides is 1. The zero-order valence-corrected chi connectivity index (χ0v) is 19.4. The molecule has 4 aromatic rings. The van der Waals surface area contributed by atoms with Crippen molar-refractivity contribution in [1.29, 1.82) is 0 Å². The van der Waals surface area contributed by atoms with E-state index < -0.39 is 22.4 Å². The third kappa shape index (κ3) is 3.60. The maximum absolute atomic E-state index is 13.5. The minimum atomic E-state index is -3.57. The van der Waals surface area contributed by atoms with E-state index in [1.54, 1.807) is 28.0 Å². The molecule has 6 rings (SSSR count). The monoisotopic (exact) mass is 485 g/mol. The highest BCUT2D eigenvalue weighted by atomic mass is 32.2. The highest BCUT2D eigenvalue weighted by Gasteiger charge is 2.50. The van der Waals surface area contributed by atoms with Crippen molar-refractivity contribution in [2.75, 3.05) is 19.8 Å². The molecule has 0 atom stereocenters. The van der Waals surface area contributed by atoms with Crippen LogP contribution >= 0.6 is 0 Å². The summed E-state index contributed by atoms with van der Waals surface area (Å²) in [4.78, 5) is 9.25. The Kier molecular flexibility index (Phi) is 4.83. The zero-order valence-electron chi connectivity index (χ0n) is 18.5. The molecule has 1 saturated heterocycles. The van der Waals surface area contributed by atoms with Gasteiger partial charge in [0.15, 0.2) is 0 Å². The zero-order chi connectivity index (χ0) is 23.5. The lowest BCUT2D eigenvalue weighted by Gasteiger charge is -2.48. The number of halogens is 1. The molecule has 0 unspecified atom stereocenters. The summed E-state index contributed by atoms with van der Waals surface area (Å²) in [6.07, 6.45) is 12.5. The molecule has 0 bridgehead atoms. The maximum Gasteiger partial charge on any atom is 0.279 e. The van der Waals surface area contributed by atoms with E-state index >= 15 is 0 Å². The first-order valence-corrected chi connectivity index (χ1v) is 12.5. The Morgan fingerprint density at radius 3 is 2.68 bits per heavy atom. The number of hydrogen-bond donors (Lipinski definition) is 1. The molecule has 5 heterocycles. The molecule has 11 nitrogen and oxygen atoms in total. The largest absolute Gasteiger partial charge is 0.284 e. The Hall–Kier alpha value is -3.16. The fraction of sp³-hybridized carbons (Fsp3) is 0.429. The summed E-state index contributed by atoms with van der Waals surface area (Å²) in [6.45, 7) is -0.229. The van der Waals surface area contributed by atoms with Gasteiger partial charge in [-0.1, -0.05) is 0 Å². The predicted molar refractivity (Wildman–Crippen MR) is 122 cm³/mol. The normalized spacial score (nSPS) is 18.4. The van der Waals surface area contributed by atoms with Crippen LogP contribution in [0.25, 0.3) is 28.3 Å². The van der Waals surface area contributed by atoms with Gasteiger partial charge in [-0.25, -0.2) is 9.97 Å². The van der Waals surface area contributed by atoms with Crippen molar-refractivity contribution in [2.24, 2.45) is 7.05 Å². The van der Waals surface area contributed by atoms with Crippen molar-refractivity contribution in [3.63, 3.8) is 0 Å². The molecular weight excluding hydrogens is 461 g/mol. The highest BCUT2D eigenvalue weighted by molar-refractivity contribution is 7.87. The highest BCUT2D eigenvalue weighted by Crippen LogP contribution is 2.36. The van der Waals surface area contributed by atoms with Crippen LogP contribution in [-0.2, 0) is 22.8 Å². The van der Waals surface area contributed by atoms with E-state index in [2.05, 4.69) is 19.9 Å². The second-order valence-electron chi connectivity index (χ2n) is 9.03. The Morgan fingerprint density at radius 2 is 1.97 bits per heavy atom. The SMILES string of the molecule is Cn1cc(-c2cc3nccn3c(-c3cnn(C4(CCF)CN(S(=O)(=O)NC5CC5)C4)c3)n2)cn1. The molecule has 178 valence electrons. The first-order chi connectivity index (χ1) is 16.4. The van der Waals surface area contributed by atoms with Crippen LogP contribution in [0.4, 0.5) is 4.39 Å². The number of hydrogen-bond acceptors (Lipinski definition) is 6. The van der Waals surface area contributed by atoms with Crippen molar-refractivity contribution in [1.82, 2.24) is 43.0 Å². The molecule has 0 amide bonds. The van der Waals surface area contributed by atoms with Crippen molar-refractivity contribution in [3.05, 3.63) is 43.2 Å². The molecule has 1 N–H and O–H groups in total. The van der Waals surface area contributed by atoms with E-state index in [4.69, 9.17) is 4.98 Å². The third-order valence-electron chi connectivity index (χ3n) is 6.45. The molecule has 1 aliphatic heterocycles. The van der Waals surface area contributed by atoms with Crippen LogP contribution in [0, 0.1) is 0 Å². The Labute approximate surface area is 195 Å². The van der Waals surface area contributed by atoms with Gasteiger partial charge in [0.1, 0.15) is 11.5 Å². The molecule has 13 heteroatoms. The average molecular weight is 486 g/mol. The number of rotatable bonds is 8. The molecule has 0 spiro atoms. The number of imidazole rings is 1. The summed E-state index contributed by atoms with van der Waals surface area (Å²) >= 11 is 0. The number of aromatic nitrogens is 7. The number of nitrogens with one attached hydrogen (secondary N) is 1. The number of fused-ring (bicyclic) bond motifs is 1. The molecule has 2 aliphatic rings. The first kappa shape index (κ1) is 21.4. The fourth-order valence-corrected chi connectivity index (χ4v) is 6.01. The predicted octanol–water partition coefficient (Wildman–Crippen LogP) is 1.36. The standard InChI is InChI=1S/C21H24FN9O2S/c1-28-11-15(9-24-28)18-8-19-23-6-7-30(19)20(26-18)16-10-25-31(12-16)21(4-5-22)13-29(14-21)34(32,33)27-17-2-3-17/h6-12,17,27H,2-5,13-14H2,1H3. The van der Waals surface area contributed by atoms with Crippen LogP contribution in [0.3, 0.4) is 0 Å². The summed E-state index contributed by atoms with van der Waals surface area (Å²) in [7, 11) is -1.73. The first-order valence-electron chi connectivity index (χ1n) is 11.1. The molecular formula is C21H24FN9O2S. The van der Waals surface area contributed by atoms with Gasteiger partial charge in [-0.05, 0) is 12.8 Å².